The Kier molecular flexibility index (Phi) is 2.78. The topological polar surface area (TPSA) is 75.6 Å². The third kappa shape index (κ3) is 1.85. The first-order valence-electron chi connectivity index (χ1n) is 6.32. The van der Waals surface area contributed by atoms with Crippen molar-refractivity contribution in [3.8, 4) is 0 Å². The van der Waals surface area contributed by atoms with Crippen molar-refractivity contribution in [2.45, 2.75) is 13.8 Å². The lowest BCUT2D eigenvalue weighted by molar-refractivity contribution is 0.102. The van der Waals surface area contributed by atoms with Gasteiger partial charge in [-0.2, -0.15) is 10.2 Å². The summed E-state index contributed by atoms with van der Waals surface area (Å²) in [6.07, 6.45) is 0. The molecule has 2 aromatic heterocycles. The number of H-pyrrole nitrogens is 1. The van der Waals surface area contributed by atoms with E-state index in [1.54, 1.807) is 4.68 Å². The van der Waals surface area contributed by atoms with E-state index in [4.69, 9.17) is 0 Å². The van der Waals surface area contributed by atoms with Gasteiger partial charge in [0.25, 0.3) is 5.91 Å². The van der Waals surface area contributed by atoms with Gasteiger partial charge >= 0.3 is 0 Å². The van der Waals surface area contributed by atoms with Crippen molar-refractivity contribution < 1.29 is 4.79 Å². The summed E-state index contributed by atoms with van der Waals surface area (Å²) in [6.45, 7) is 3.78. The van der Waals surface area contributed by atoms with Crippen LogP contribution in [0.15, 0.2) is 24.3 Å². The molecular weight excluding hydrogens is 254 g/mol. The Balaban J connectivity index is 1.97. The van der Waals surface area contributed by atoms with E-state index in [9.17, 15) is 4.79 Å². The van der Waals surface area contributed by atoms with Crippen LogP contribution in [0.1, 0.15) is 21.9 Å². The molecule has 2 N–H and O–H groups in total. The number of fused-ring (bicyclic) bond motifs is 1. The Labute approximate surface area is 115 Å². The monoisotopic (exact) mass is 269 g/mol. The number of rotatable bonds is 2. The molecule has 0 spiro atoms. The van der Waals surface area contributed by atoms with Crippen molar-refractivity contribution in [2.75, 3.05) is 5.32 Å². The quantitative estimate of drug-likeness (QED) is 0.748. The average Bonchev–Trinajstić information content (AvgIpc) is 2.96. The van der Waals surface area contributed by atoms with Crippen LogP contribution < -0.4 is 5.32 Å². The van der Waals surface area contributed by atoms with Crippen molar-refractivity contribution in [1.82, 2.24) is 20.0 Å². The Morgan fingerprint density at radius 3 is 2.75 bits per heavy atom. The minimum Gasteiger partial charge on any atom is -0.317 e. The van der Waals surface area contributed by atoms with Gasteiger partial charge in [-0.3, -0.25) is 14.6 Å². The second-order valence-electron chi connectivity index (χ2n) is 4.74. The lowest BCUT2D eigenvalue weighted by Gasteiger charge is -2.03. The Hall–Kier alpha value is -2.63. The van der Waals surface area contributed by atoms with E-state index in [1.807, 2.05) is 45.2 Å². The molecule has 0 bridgehead atoms. The van der Waals surface area contributed by atoms with E-state index in [-0.39, 0.29) is 5.91 Å². The summed E-state index contributed by atoms with van der Waals surface area (Å²) in [6, 6.07) is 7.54. The highest BCUT2D eigenvalue weighted by atomic mass is 16.2. The molecule has 0 fully saturated rings. The Bertz CT molecular complexity index is 799. The Morgan fingerprint density at radius 1 is 1.30 bits per heavy atom. The van der Waals surface area contributed by atoms with E-state index in [2.05, 4.69) is 20.6 Å². The zero-order valence-corrected chi connectivity index (χ0v) is 11.6. The van der Waals surface area contributed by atoms with Crippen molar-refractivity contribution in [3.63, 3.8) is 0 Å². The average molecular weight is 269 g/mol. The molecule has 3 rings (SSSR count). The molecule has 3 aromatic rings. The molecule has 20 heavy (non-hydrogen) atoms. The minimum absolute atomic E-state index is 0.235. The lowest BCUT2D eigenvalue weighted by atomic mass is 10.2. The predicted molar refractivity (Wildman–Crippen MR) is 76.7 cm³/mol. The van der Waals surface area contributed by atoms with E-state index in [1.165, 1.54) is 0 Å². The third-order valence-corrected chi connectivity index (χ3v) is 3.43. The maximum Gasteiger partial charge on any atom is 0.276 e. The normalized spacial score (nSPS) is 10.9. The van der Waals surface area contributed by atoms with Crippen LogP contribution in [-0.2, 0) is 7.05 Å². The fraction of sp³-hybridized carbons (Fsp3) is 0.214. The molecule has 0 saturated carbocycles. The molecule has 0 saturated heterocycles. The number of nitrogens with one attached hydrogen (secondary N) is 2. The van der Waals surface area contributed by atoms with Crippen molar-refractivity contribution in [2.24, 2.45) is 7.05 Å². The highest BCUT2D eigenvalue weighted by Crippen LogP contribution is 2.21. The number of hydrogen-bond donors (Lipinski definition) is 2. The molecule has 6 heteroatoms. The zero-order chi connectivity index (χ0) is 14.3. The van der Waals surface area contributed by atoms with E-state index < -0.39 is 0 Å². The van der Waals surface area contributed by atoms with Gasteiger partial charge < -0.3 is 5.32 Å². The fourth-order valence-electron chi connectivity index (χ4n) is 2.26. The van der Waals surface area contributed by atoms with Crippen LogP contribution in [0.2, 0.25) is 0 Å². The second-order valence-corrected chi connectivity index (χ2v) is 4.74. The highest BCUT2D eigenvalue weighted by Gasteiger charge is 2.17. The SMILES string of the molecule is Cc1nn(C)c(C)c1NC(=O)c1n[nH]c2ccccc12. The number of anilines is 1. The smallest absolute Gasteiger partial charge is 0.276 e. The summed E-state index contributed by atoms with van der Waals surface area (Å²) in [7, 11) is 1.85. The van der Waals surface area contributed by atoms with Crippen molar-refractivity contribution >= 4 is 22.5 Å². The number of hydrogen-bond acceptors (Lipinski definition) is 3. The van der Waals surface area contributed by atoms with E-state index in [0.717, 1.165) is 28.0 Å². The number of para-hydroxylation sites is 1. The van der Waals surface area contributed by atoms with Crippen LogP contribution in [0.3, 0.4) is 0 Å². The number of aromatic amines is 1. The molecule has 0 aliphatic heterocycles. The molecule has 0 atom stereocenters. The third-order valence-electron chi connectivity index (χ3n) is 3.43. The van der Waals surface area contributed by atoms with Gasteiger partial charge in [-0.15, -0.1) is 0 Å². The zero-order valence-electron chi connectivity index (χ0n) is 11.6. The first-order chi connectivity index (χ1) is 9.58. The fourth-order valence-corrected chi connectivity index (χ4v) is 2.26. The molecule has 0 aliphatic rings. The van der Waals surface area contributed by atoms with Crippen molar-refractivity contribution in [1.29, 1.82) is 0 Å². The number of aryl methyl sites for hydroxylation is 2. The number of nitrogens with zero attached hydrogens (tertiary/aromatic N) is 3. The molecule has 0 radical (unpaired) electrons. The molecule has 1 amide bonds. The van der Waals surface area contributed by atoms with E-state index >= 15 is 0 Å². The largest absolute Gasteiger partial charge is 0.317 e. The van der Waals surface area contributed by atoms with Gasteiger partial charge in [0.15, 0.2) is 5.69 Å². The summed E-state index contributed by atoms with van der Waals surface area (Å²) in [5.41, 5.74) is 3.68. The van der Waals surface area contributed by atoms with Gasteiger partial charge in [0.1, 0.15) is 0 Å². The standard InChI is InChI=1S/C14H15N5O/c1-8-12(9(2)19(3)18-8)15-14(20)13-10-6-4-5-7-11(10)16-17-13/h4-7H,1-3H3,(H,15,20)(H,16,17). The second kappa shape index (κ2) is 4.48. The van der Waals surface area contributed by atoms with Gasteiger partial charge in [-0.05, 0) is 19.9 Å². The van der Waals surface area contributed by atoms with Crippen LogP contribution in [-0.4, -0.2) is 25.9 Å². The van der Waals surface area contributed by atoms with Gasteiger partial charge in [0, 0.05) is 12.4 Å². The van der Waals surface area contributed by atoms with Gasteiger partial charge in [0.05, 0.1) is 22.6 Å². The van der Waals surface area contributed by atoms with Crippen LogP contribution in [0, 0.1) is 13.8 Å². The lowest BCUT2D eigenvalue weighted by Crippen LogP contribution is -2.14. The number of aromatic nitrogens is 4. The molecule has 1 aromatic carbocycles. The molecule has 2 heterocycles. The predicted octanol–water partition coefficient (Wildman–Crippen LogP) is 2.17. The van der Waals surface area contributed by atoms with Gasteiger partial charge in [-0.25, -0.2) is 0 Å². The van der Waals surface area contributed by atoms with Crippen LogP contribution in [0.25, 0.3) is 10.9 Å². The number of benzene rings is 1. The highest BCUT2D eigenvalue weighted by molar-refractivity contribution is 6.11. The molecule has 0 aliphatic carbocycles. The Morgan fingerprint density at radius 2 is 2.05 bits per heavy atom. The van der Waals surface area contributed by atoms with Gasteiger partial charge in [0.2, 0.25) is 0 Å². The molecule has 6 nitrogen and oxygen atoms in total. The first kappa shape index (κ1) is 12.4. The van der Waals surface area contributed by atoms with Crippen LogP contribution >= 0.6 is 0 Å². The number of amides is 1. The van der Waals surface area contributed by atoms with Gasteiger partial charge in [-0.1, -0.05) is 18.2 Å². The molecule has 0 unspecified atom stereocenters. The maximum atomic E-state index is 12.4. The maximum absolute atomic E-state index is 12.4. The molecular formula is C14H15N5O. The summed E-state index contributed by atoms with van der Waals surface area (Å²) in [5.74, 6) is -0.235. The van der Waals surface area contributed by atoms with Crippen LogP contribution in [0.4, 0.5) is 5.69 Å². The molecule has 102 valence electrons. The van der Waals surface area contributed by atoms with Crippen LogP contribution in [0.5, 0.6) is 0 Å². The number of carbonyl (C=O) groups excluding carboxylic acids is 1. The van der Waals surface area contributed by atoms with Crippen molar-refractivity contribution in [3.05, 3.63) is 41.3 Å². The van der Waals surface area contributed by atoms with E-state index in [0.29, 0.717) is 5.69 Å². The summed E-state index contributed by atoms with van der Waals surface area (Å²) < 4.78 is 1.74. The summed E-state index contributed by atoms with van der Waals surface area (Å²) >= 11 is 0. The number of carbonyl (C=O) groups is 1. The summed E-state index contributed by atoms with van der Waals surface area (Å²) in [5, 5.41) is 14.9. The summed E-state index contributed by atoms with van der Waals surface area (Å²) in [4.78, 5) is 12.4. The minimum atomic E-state index is -0.235. The first-order valence-corrected chi connectivity index (χ1v) is 6.32.